The summed E-state index contributed by atoms with van der Waals surface area (Å²) < 4.78 is 0. The molecule has 3 nitrogen and oxygen atoms in total. The van der Waals surface area contributed by atoms with Gasteiger partial charge in [-0.15, -0.1) is 0 Å². The summed E-state index contributed by atoms with van der Waals surface area (Å²) in [6, 6.07) is 0.601. The van der Waals surface area contributed by atoms with Gasteiger partial charge < -0.3 is 10.2 Å². The molecule has 0 radical (unpaired) electrons. The number of carbonyl (C=O) groups is 1. The van der Waals surface area contributed by atoms with Crippen molar-refractivity contribution in [3.05, 3.63) is 0 Å². The van der Waals surface area contributed by atoms with Crippen molar-refractivity contribution in [1.82, 2.24) is 10.2 Å². The molecule has 2 saturated carbocycles. The van der Waals surface area contributed by atoms with Gasteiger partial charge in [0.1, 0.15) is 0 Å². The van der Waals surface area contributed by atoms with Gasteiger partial charge in [-0.1, -0.05) is 12.8 Å². The Labute approximate surface area is 117 Å². The summed E-state index contributed by atoms with van der Waals surface area (Å²) in [5.74, 6) is 1.91. The van der Waals surface area contributed by atoms with Gasteiger partial charge in [-0.2, -0.15) is 0 Å². The highest BCUT2D eigenvalue weighted by Gasteiger charge is 2.35. The standard InChI is InChI=1S/C16H28N2O/c19-16(11-13-3-1-2-4-13)18(15-5-6-15)12-14-7-9-17-10-8-14/h13-15,17H,1-12H2. The molecule has 0 unspecified atom stereocenters. The summed E-state index contributed by atoms with van der Waals surface area (Å²) in [6.07, 6.45) is 11.1. The molecular weight excluding hydrogens is 236 g/mol. The van der Waals surface area contributed by atoms with Gasteiger partial charge in [-0.25, -0.2) is 0 Å². The third-order valence-corrected chi connectivity index (χ3v) is 5.16. The molecule has 1 amide bonds. The van der Waals surface area contributed by atoms with E-state index < -0.39 is 0 Å². The number of carbonyl (C=O) groups excluding carboxylic acids is 1. The first-order valence-corrected chi connectivity index (χ1v) is 8.33. The highest BCUT2D eigenvalue weighted by molar-refractivity contribution is 5.77. The number of piperidine rings is 1. The van der Waals surface area contributed by atoms with Crippen LogP contribution in [0, 0.1) is 11.8 Å². The number of hydrogen-bond acceptors (Lipinski definition) is 2. The van der Waals surface area contributed by atoms with Gasteiger partial charge in [0.25, 0.3) is 0 Å². The van der Waals surface area contributed by atoms with Gasteiger partial charge in [0.05, 0.1) is 0 Å². The zero-order valence-corrected chi connectivity index (χ0v) is 12.1. The Balaban J connectivity index is 1.52. The first-order valence-electron chi connectivity index (χ1n) is 8.33. The van der Waals surface area contributed by atoms with Gasteiger partial charge in [0.15, 0.2) is 0 Å². The third-order valence-electron chi connectivity index (χ3n) is 5.16. The first-order chi connectivity index (χ1) is 9.33. The minimum absolute atomic E-state index is 0.466. The van der Waals surface area contributed by atoms with Crippen LogP contribution in [0.4, 0.5) is 0 Å². The molecule has 0 aromatic carbocycles. The van der Waals surface area contributed by atoms with Crippen LogP contribution in [0.1, 0.15) is 57.8 Å². The van der Waals surface area contributed by atoms with E-state index in [2.05, 4.69) is 10.2 Å². The average Bonchev–Trinajstić information content (AvgIpc) is 3.15. The predicted molar refractivity (Wildman–Crippen MR) is 76.9 cm³/mol. The number of amides is 1. The van der Waals surface area contributed by atoms with Crippen molar-refractivity contribution in [3.8, 4) is 0 Å². The molecule has 0 atom stereocenters. The Bertz CT molecular complexity index is 302. The van der Waals surface area contributed by atoms with Crippen LogP contribution in [0.5, 0.6) is 0 Å². The smallest absolute Gasteiger partial charge is 0.223 e. The van der Waals surface area contributed by atoms with Crippen molar-refractivity contribution in [2.45, 2.75) is 63.8 Å². The third kappa shape index (κ3) is 3.71. The quantitative estimate of drug-likeness (QED) is 0.827. The van der Waals surface area contributed by atoms with E-state index in [9.17, 15) is 4.79 Å². The molecule has 1 heterocycles. The van der Waals surface area contributed by atoms with Gasteiger partial charge in [0, 0.05) is 19.0 Å². The van der Waals surface area contributed by atoms with Crippen LogP contribution >= 0.6 is 0 Å². The molecule has 0 aromatic heterocycles. The van der Waals surface area contributed by atoms with Crippen LogP contribution in [0.2, 0.25) is 0 Å². The monoisotopic (exact) mass is 264 g/mol. The maximum atomic E-state index is 12.6. The Morgan fingerprint density at radius 2 is 1.63 bits per heavy atom. The lowest BCUT2D eigenvalue weighted by atomic mass is 9.96. The molecule has 19 heavy (non-hydrogen) atoms. The fraction of sp³-hybridized carbons (Fsp3) is 0.938. The van der Waals surface area contributed by atoms with Gasteiger partial charge in [-0.05, 0) is 63.5 Å². The lowest BCUT2D eigenvalue weighted by Crippen LogP contribution is -2.41. The number of hydrogen-bond donors (Lipinski definition) is 1. The van der Waals surface area contributed by atoms with Crippen LogP contribution in [0.25, 0.3) is 0 Å². The minimum Gasteiger partial charge on any atom is -0.339 e. The summed E-state index contributed by atoms with van der Waals surface area (Å²) in [5.41, 5.74) is 0. The normalized spacial score (nSPS) is 25.7. The minimum atomic E-state index is 0.466. The summed E-state index contributed by atoms with van der Waals surface area (Å²) in [7, 11) is 0. The van der Waals surface area contributed by atoms with Gasteiger partial charge in [-0.3, -0.25) is 4.79 Å². The van der Waals surface area contributed by atoms with E-state index in [-0.39, 0.29) is 0 Å². The molecular formula is C16H28N2O. The molecule has 3 rings (SSSR count). The molecule has 1 aliphatic heterocycles. The summed E-state index contributed by atoms with van der Waals surface area (Å²) in [4.78, 5) is 14.8. The highest BCUT2D eigenvalue weighted by atomic mass is 16.2. The SMILES string of the molecule is O=C(CC1CCCC1)N(CC1CCNCC1)C1CC1. The molecule has 2 aliphatic carbocycles. The first kappa shape index (κ1) is 13.4. The van der Waals surface area contributed by atoms with Crippen molar-refractivity contribution in [2.75, 3.05) is 19.6 Å². The molecule has 0 spiro atoms. The Morgan fingerprint density at radius 3 is 2.26 bits per heavy atom. The van der Waals surface area contributed by atoms with Crippen molar-refractivity contribution in [3.63, 3.8) is 0 Å². The summed E-state index contributed by atoms with van der Waals surface area (Å²) in [5, 5.41) is 3.42. The summed E-state index contributed by atoms with van der Waals surface area (Å²) >= 11 is 0. The van der Waals surface area contributed by atoms with Gasteiger partial charge in [0.2, 0.25) is 5.91 Å². The van der Waals surface area contributed by atoms with E-state index in [1.54, 1.807) is 0 Å². The average molecular weight is 264 g/mol. The van der Waals surface area contributed by atoms with E-state index in [1.807, 2.05) is 0 Å². The van der Waals surface area contributed by atoms with Crippen molar-refractivity contribution in [2.24, 2.45) is 11.8 Å². The molecule has 0 bridgehead atoms. The Kier molecular flexibility index (Phi) is 4.42. The van der Waals surface area contributed by atoms with Crippen molar-refractivity contribution in [1.29, 1.82) is 0 Å². The second-order valence-electron chi connectivity index (χ2n) is 6.83. The van der Waals surface area contributed by atoms with Gasteiger partial charge >= 0.3 is 0 Å². The van der Waals surface area contributed by atoms with Crippen LogP contribution in [0.3, 0.4) is 0 Å². The molecule has 0 aromatic rings. The molecule has 1 saturated heterocycles. The lowest BCUT2D eigenvalue weighted by molar-refractivity contribution is -0.133. The molecule has 108 valence electrons. The molecule has 1 N–H and O–H groups in total. The molecule has 3 aliphatic rings. The van der Waals surface area contributed by atoms with E-state index in [0.717, 1.165) is 32.0 Å². The topological polar surface area (TPSA) is 32.3 Å². The lowest BCUT2D eigenvalue weighted by Gasteiger charge is -2.31. The Hall–Kier alpha value is -0.570. The number of nitrogens with zero attached hydrogens (tertiary/aromatic N) is 1. The van der Waals surface area contributed by atoms with Crippen LogP contribution in [-0.2, 0) is 4.79 Å². The number of rotatable bonds is 5. The second-order valence-corrected chi connectivity index (χ2v) is 6.83. The fourth-order valence-electron chi connectivity index (χ4n) is 3.76. The summed E-state index contributed by atoms with van der Waals surface area (Å²) in [6.45, 7) is 3.32. The van der Waals surface area contributed by atoms with Crippen LogP contribution in [-0.4, -0.2) is 36.5 Å². The van der Waals surface area contributed by atoms with E-state index in [4.69, 9.17) is 0 Å². The highest BCUT2D eigenvalue weighted by Crippen LogP contribution is 2.33. The number of nitrogens with one attached hydrogen (secondary N) is 1. The maximum absolute atomic E-state index is 12.6. The van der Waals surface area contributed by atoms with Crippen LogP contribution < -0.4 is 5.32 Å². The van der Waals surface area contributed by atoms with E-state index in [1.165, 1.54) is 51.4 Å². The van der Waals surface area contributed by atoms with E-state index >= 15 is 0 Å². The van der Waals surface area contributed by atoms with Crippen molar-refractivity contribution < 1.29 is 4.79 Å². The van der Waals surface area contributed by atoms with Crippen molar-refractivity contribution >= 4 is 5.91 Å². The maximum Gasteiger partial charge on any atom is 0.223 e. The molecule has 3 heteroatoms. The van der Waals surface area contributed by atoms with Crippen LogP contribution in [0.15, 0.2) is 0 Å². The predicted octanol–water partition coefficient (Wildman–Crippen LogP) is 2.56. The zero-order chi connectivity index (χ0) is 13.1. The largest absolute Gasteiger partial charge is 0.339 e. The zero-order valence-electron chi connectivity index (χ0n) is 12.1. The second kappa shape index (κ2) is 6.25. The fourth-order valence-corrected chi connectivity index (χ4v) is 3.76. The molecule has 3 fully saturated rings. The van der Waals surface area contributed by atoms with E-state index in [0.29, 0.717) is 17.9 Å². The Morgan fingerprint density at radius 1 is 0.947 bits per heavy atom.